The van der Waals surface area contributed by atoms with Gasteiger partial charge >= 0.3 is 5.97 Å². The molecule has 1 rings (SSSR count). The Balaban J connectivity index is 2.93. The van der Waals surface area contributed by atoms with E-state index in [1.54, 1.807) is 13.8 Å². The lowest BCUT2D eigenvalue weighted by molar-refractivity contribution is -0.143. The van der Waals surface area contributed by atoms with Gasteiger partial charge in [-0.05, 0) is 23.6 Å². The summed E-state index contributed by atoms with van der Waals surface area (Å²) in [6.45, 7) is 6.06. The first kappa shape index (κ1) is 25.0. The first-order valence-corrected chi connectivity index (χ1v) is 10.5. The monoisotopic (exact) mass is 445 g/mol. The number of aliphatic carboxylic acids is 1. The molecule has 0 bridgehead atoms. The van der Waals surface area contributed by atoms with E-state index in [1.165, 1.54) is 6.92 Å². The zero-order valence-corrected chi connectivity index (χ0v) is 18.5. The molecule has 0 heterocycles. The maximum absolute atomic E-state index is 12.6. The number of alkyl halides is 2. The number of nitrogens with zero attached hydrogens (tertiary/aromatic N) is 1. The highest BCUT2D eigenvalue weighted by Gasteiger charge is 2.28. The second-order valence-corrected chi connectivity index (χ2v) is 7.81. The molecule has 0 spiro atoms. The number of carbonyl (C=O) groups excluding carboxylic acids is 2. The van der Waals surface area contributed by atoms with Gasteiger partial charge < -0.3 is 20.6 Å². The topological polar surface area (TPSA) is 98.7 Å². The summed E-state index contributed by atoms with van der Waals surface area (Å²) in [6.07, 6.45) is 0.237. The van der Waals surface area contributed by atoms with Crippen LogP contribution >= 0.6 is 23.2 Å². The van der Waals surface area contributed by atoms with E-state index >= 15 is 0 Å². The normalized spacial score (nSPS) is 12.9. The Morgan fingerprint density at radius 2 is 1.59 bits per heavy atom. The van der Waals surface area contributed by atoms with Crippen LogP contribution in [0.1, 0.15) is 26.3 Å². The Hall–Kier alpha value is -1.99. The zero-order valence-electron chi connectivity index (χ0n) is 17.0. The van der Waals surface area contributed by atoms with Crippen molar-refractivity contribution in [3.05, 3.63) is 29.8 Å². The molecule has 29 heavy (non-hydrogen) atoms. The van der Waals surface area contributed by atoms with Gasteiger partial charge in [-0.3, -0.25) is 9.59 Å². The van der Waals surface area contributed by atoms with Crippen molar-refractivity contribution in [2.75, 3.05) is 29.7 Å². The standard InChI is InChI=1S/C20H29Cl2N3O4/c1-13(2)18(20(28)29)24-19(27)17(23-14(3)26)12-15-4-6-16(7-5-15)25(10-8-21)11-9-22/h4-7,13,17-18H,8-12H2,1-3H3,(H,23,26)(H,24,27)(H,28,29)/t17-,18+/m1/s1. The van der Waals surface area contributed by atoms with Gasteiger partial charge in [0.05, 0.1) is 0 Å². The van der Waals surface area contributed by atoms with Crippen LogP contribution in [0, 0.1) is 5.92 Å². The molecule has 0 aliphatic heterocycles. The second kappa shape index (κ2) is 12.5. The van der Waals surface area contributed by atoms with Crippen LogP contribution in [0.25, 0.3) is 0 Å². The van der Waals surface area contributed by atoms with Crippen LogP contribution in [-0.4, -0.2) is 59.8 Å². The number of benzene rings is 1. The van der Waals surface area contributed by atoms with E-state index in [0.29, 0.717) is 24.8 Å². The second-order valence-electron chi connectivity index (χ2n) is 7.06. The van der Waals surface area contributed by atoms with Crippen LogP contribution in [0.2, 0.25) is 0 Å². The fraction of sp³-hybridized carbons (Fsp3) is 0.550. The summed E-state index contributed by atoms with van der Waals surface area (Å²) in [5.41, 5.74) is 1.79. The summed E-state index contributed by atoms with van der Waals surface area (Å²) >= 11 is 11.7. The van der Waals surface area contributed by atoms with Crippen LogP contribution in [0.3, 0.4) is 0 Å². The van der Waals surface area contributed by atoms with E-state index in [-0.39, 0.29) is 18.2 Å². The number of halogens is 2. The van der Waals surface area contributed by atoms with Gasteiger partial charge in [-0.25, -0.2) is 4.79 Å². The molecule has 9 heteroatoms. The van der Waals surface area contributed by atoms with Gasteiger partial charge in [-0.15, -0.1) is 23.2 Å². The van der Waals surface area contributed by atoms with Crippen molar-refractivity contribution in [2.45, 2.75) is 39.3 Å². The van der Waals surface area contributed by atoms with E-state index in [1.807, 2.05) is 24.3 Å². The maximum Gasteiger partial charge on any atom is 0.326 e. The molecule has 7 nitrogen and oxygen atoms in total. The average Bonchev–Trinajstić information content (AvgIpc) is 2.65. The molecule has 0 unspecified atom stereocenters. The van der Waals surface area contributed by atoms with Gasteiger partial charge in [0.25, 0.3) is 0 Å². The Bertz CT molecular complexity index is 677. The summed E-state index contributed by atoms with van der Waals surface area (Å²) in [5.74, 6) is -1.35. The summed E-state index contributed by atoms with van der Waals surface area (Å²) in [4.78, 5) is 37.6. The number of hydrogen-bond acceptors (Lipinski definition) is 4. The number of carboxylic acid groups (broad SMARTS) is 1. The Morgan fingerprint density at radius 3 is 2.00 bits per heavy atom. The minimum Gasteiger partial charge on any atom is -0.480 e. The van der Waals surface area contributed by atoms with Gasteiger partial charge in [-0.2, -0.15) is 0 Å². The highest BCUT2D eigenvalue weighted by Crippen LogP contribution is 2.17. The zero-order chi connectivity index (χ0) is 22.0. The molecular formula is C20H29Cl2N3O4. The Labute approximate surface area is 181 Å². The van der Waals surface area contributed by atoms with Gasteiger partial charge in [0.1, 0.15) is 12.1 Å². The highest BCUT2D eigenvalue weighted by atomic mass is 35.5. The van der Waals surface area contributed by atoms with Gasteiger partial charge in [0, 0.05) is 43.9 Å². The smallest absolute Gasteiger partial charge is 0.326 e. The average molecular weight is 446 g/mol. The number of amides is 2. The predicted octanol–water partition coefficient (Wildman–Crippen LogP) is 2.24. The fourth-order valence-corrected chi connectivity index (χ4v) is 3.28. The summed E-state index contributed by atoms with van der Waals surface area (Å²) in [5, 5.41) is 14.4. The van der Waals surface area contributed by atoms with Crippen molar-refractivity contribution >= 4 is 46.7 Å². The van der Waals surface area contributed by atoms with Crippen molar-refractivity contribution in [2.24, 2.45) is 5.92 Å². The molecule has 0 fully saturated rings. The molecule has 0 aliphatic carbocycles. The van der Waals surface area contributed by atoms with E-state index in [2.05, 4.69) is 15.5 Å². The van der Waals surface area contributed by atoms with Gasteiger partial charge in [0.2, 0.25) is 11.8 Å². The molecule has 0 aliphatic rings. The van der Waals surface area contributed by atoms with Gasteiger partial charge in [-0.1, -0.05) is 26.0 Å². The van der Waals surface area contributed by atoms with Crippen LogP contribution in [0.5, 0.6) is 0 Å². The Kier molecular flexibility index (Phi) is 10.8. The van der Waals surface area contributed by atoms with E-state index in [4.69, 9.17) is 23.2 Å². The SMILES string of the molecule is CC(=O)N[C@H](Cc1ccc(N(CCCl)CCCl)cc1)C(=O)N[C@H](C(=O)O)C(C)C. The minimum absolute atomic E-state index is 0.237. The largest absolute Gasteiger partial charge is 0.480 e. The fourth-order valence-electron chi connectivity index (χ4n) is 2.87. The van der Waals surface area contributed by atoms with E-state index < -0.39 is 24.0 Å². The number of carboxylic acids is 1. The van der Waals surface area contributed by atoms with E-state index in [0.717, 1.165) is 11.3 Å². The first-order valence-electron chi connectivity index (χ1n) is 9.45. The number of carbonyl (C=O) groups is 3. The van der Waals surface area contributed by atoms with Crippen molar-refractivity contribution in [1.29, 1.82) is 0 Å². The van der Waals surface area contributed by atoms with E-state index in [9.17, 15) is 19.5 Å². The van der Waals surface area contributed by atoms with Crippen molar-refractivity contribution < 1.29 is 19.5 Å². The first-order chi connectivity index (χ1) is 13.7. The third-order valence-electron chi connectivity index (χ3n) is 4.37. The summed E-state index contributed by atoms with van der Waals surface area (Å²) in [7, 11) is 0. The molecule has 1 aromatic rings. The number of hydrogen-bond donors (Lipinski definition) is 3. The molecule has 2 amide bonds. The lowest BCUT2D eigenvalue weighted by atomic mass is 10.0. The third kappa shape index (κ3) is 8.50. The minimum atomic E-state index is -1.11. The molecule has 0 saturated heterocycles. The molecule has 0 radical (unpaired) electrons. The number of anilines is 1. The molecule has 0 aromatic heterocycles. The quantitative estimate of drug-likeness (QED) is 0.428. The molecule has 2 atom stereocenters. The Morgan fingerprint density at radius 1 is 1.03 bits per heavy atom. The van der Waals surface area contributed by atoms with Crippen LogP contribution in [-0.2, 0) is 20.8 Å². The number of nitrogens with one attached hydrogen (secondary N) is 2. The molecule has 162 valence electrons. The maximum atomic E-state index is 12.6. The highest BCUT2D eigenvalue weighted by molar-refractivity contribution is 6.18. The lowest BCUT2D eigenvalue weighted by Crippen LogP contribution is -2.53. The van der Waals surface area contributed by atoms with Crippen LogP contribution in [0.15, 0.2) is 24.3 Å². The van der Waals surface area contributed by atoms with Crippen LogP contribution < -0.4 is 15.5 Å². The molecular weight excluding hydrogens is 417 g/mol. The van der Waals surface area contributed by atoms with Gasteiger partial charge in [0.15, 0.2) is 0 Å². The summed E-state index contributed by atoms with van der Waals surface area (Å²) < 4.78 is 0. The third-order valence-corrected chi connectivity index (χ3v) is 4.71. The van der Waals surface area contributed by atoms with Crippen molar-refractivity contribution in [3.63, 3.8) is 0 Å². The molecule has 0 saturated carbocycles. The lowest BCUT2D eigenvalue weighted by Gasteiger charge is -2.24. The molecule has 3 N–H and O–H groups in total. The predicted molar refractivity (Wildman–Crippen MR) is 116 cm³/mol. The van der Waals surface area contributed by atoms with Crippen molar-refractivity contribution in [3.8, 4) is 0 Å². The van der Waals surface area contributed by atoms with Crippen molar-refractivity contribution in [1.82, 2.24) is 10.6 Å². The number of rotatable bonds is 12. The van der Waals surface area contributed by atoms with Crippen LogP contribution in [0.4, 0.5) is 5.69 Å². The molecule has 1 aromatic carbocycles. The summed E-state index contributed by atoms with van der Waals surface area (Å²) in [6, 6.07) is 5.64.